The van der Waals surface area contributed by atoms with Crippen molar-refractivity contribution in [1.82, 2.24) is 0 Å². The number of nitrogens with two attached hydrogens (primary N) is 2. The van der Waals surface area contributed by atoms with E-state index in [1.165, 1.54) is 0 Å². The Bertz CT molecular complexity index is 1020. The van der Waals surface area contributed by atoms with Crippen LogP contribution >= 0.6 is 0 Å². The molecule has 4 unspecified atom stereocenters. The smallest absolute Gasteiger partial charge is 0.208 e. The first-order valence-electron chi connectivity index (χ1n) is 21.2. The van der Waals surface area contributed by atoms with E-state index in [-0.39, 0.29) is 12.6 Å². The van der Waals surface area contributed by atoms with Gasteiger partial charge in [0.05, 0.1) is 11.1 Å². The second kappa shape index (κ2) is 8.98. The summed E-state index contributed by atoms with van der Waals surface area (Å²) in [6.45, 7) is 5.32. The summed E-state index contributed by atoms with van der Waals surface area (Å²) in [5, 5.41) is 6.29. The summed E-state index contributed by atoms with van der Waals surface area (Å²) < 4.78 is 0. The Morgan fingerprint density at radius 2 is 0.614 bits per heavy atom. The summed E-state index contributed by atoms with van der Waals surface area (Å²) in [6.07, 6.45) is 38.5. The van der Waals surface area contributed by atoms with E-state index in [1.54, 1.807) is 153 Å². The predicted molar refractivity (Wildman–Crippen MR) is 184 cm³/mol. The lowest BCUT2D eigenvalue weighted by Crippen LogP contribution is -3.11. The van der Waals surface area contributed by atoms with Gasteiger partial charge in [0, 0.05) is 38.5 Å². The molecule has 0 aromatic carbocycles. The zero-order valence-corrected chi connectivity index (χ0v) is 29.1. The van der Waals surface area contributed by atoms with Crippen molar-refractivity contribution in [3.05, 3.63) is 0 Å². The fourth-order valence-corrected chi connectivity index (χ4v) is 21.1. The van der Waals surface area contributed by atoms with Crippen LogP contribution in [0.4, 0.5) is 0 Å². The molecule has 10 aliphatic carbocycles. The summed E-state index contributed by atoms with van der Waals surface area (Å²) in [6, 6.07) is 0. The van der Waals surface area contributed by atoms with Gasteiger partial charge in [0.25, 0.3) is 0 Å². The van der Waals surface area contributed by atoms with E-state index in [4.69, 9.17) is 0 Å². The van der Waals surface area contributed by atoms with Crippen LogP contribution in [0.2, 0.25) is 37.9 Å². The van der Waals surface area contributed by atoms with Crippen molar-refractivity contribution in [2.75, 3.05) is 0 Å². The number of hydrogen-bond acceptors (Lipinski definition) is 0. The Morgan fingerprint density at radius 1 is 0.364 bits per heavy atom. The molecule has 0 amide bonds. The number of rotatable bonds is 4. The van der Waals surface area contributed by atoms with Crippen LogP contribution in [0.1, 0.15) is 129 Å². The molecule has 0 aromatic rings. The SMILES string of the molecule is CC12C[C@@H]3C[C@@H](C[B-]([NH2+]C45CC6CC(CC(C6)C4)C5)(C3)C1)C2.CC12C[C@@H]3C[C@@H](C[B-]([NH2+]C45CC6CC(CC(C6)C4)C5)(C3)C1)C2. The van der Waals surface area contributed by atoms with E-state index >= 15 is 0 Å². The third-order valence-electron chi connectivity index (χ3n) is 19.1. The fraction of sp³-hybridized carbons (Fsp3) is 1.00. The lowest BCUT2D eigenvalue weighted by atomic mass is 9.15. The highest BCUT2D eigenvalue weighted by Gasteiger charge is 2.62. The molecule has 16 rings (SSSR count). The van der Waals surface area contributed by atoms with Gasteiger partial charge in [0.2, 0.25) is 12.6 Å². The first-order valence-corrected chi connectivity index (χ1v) is 21.2. The Labute approximate surface area is 270 Å². The van der Waals surface area contributed by atoms with Gasteiger partial charge in [-0.15, -0.1) is 37.9 Å². The van der Waals surface area contributed by atoms with Gasteiger partial charge in [0.1, 0.15) is 0 Å². The second-order valence-electron chi connectivity index (χ2n) is 23.8. The van der Waals surface area contributed by atoms with Crippen molar-refractivity contribution in [3.8, 4) is 0 Å². The molecular weight excluding hydrogens is 530 g/mol. The zero-order valence-electron chi connectivity index (χ0n) is 29.1. The maximum Gasteiger partial charge on any atom is 0.208 e. The average molecular weight is 599 g/mol. The molecule has 4 N–H and O–H groups in total. The molecule has 16 bridgehead atoms. The summed E-state index contributed by atoms with van der Waals surface area (Å²) >= 11 is 0. The third kappa shape index (κ3) is 4.46. The van der Waals surface area contributed by atoms with Gasteiger partial charge >= 0.3 is 0 Å². The van der Waals surface area contributed by atoms with Crippen LogP contribution in [0.25, 0.3) is 0 Å². The lowest BCUT2D eigenvalue weighted by molar-refractivity contribution is -0.640. The number of quaternary nitrogens is 2. The highest BCUT2D eigenvalue weighted by atomic mass is 15.0. The molecule has 6 aliphatic heterocycles. The molecule has 6 heterocycles. The largest absolute Gasteiger partial charge is 0.532 e. The van der Waals surface area contributed by atoms with Gasteiger partial charge < -0.3 is 10.5 Å². The van der Waals surface area contributed by atoms with Crippen molar-refractivity contribution in [2.24, 2.45) is 70.0 Å². The van der Waals surface area contributed by atoms with Gasteiger partial charge in [0.15, 0.2) is 0 Å². The highest BCUT2D eigenvalue weighted by Crippen LogP contribution is 2.63. The normalized spacial score (nSPS) is 64.5. The Morgan fingerprint density at radius 3 is 0.864 bits per heavy atom. The maximum atomic E-state index is 3.15. The number of hydrogen-bond donors (Lipinski definition) is 2. The maximum absolute atomic E-state index is 3.15. The molecule has 0 spiro atoms. The molecule has 2 nitrogen and oxygen atoms in total. The van der Waals surface area contributed by atoms with Crippen LogP contribution < -0.4 is 10.5 Å². The van der Waals surface area contributed by atoms with Crippen molar-refractivity contribution < 1.29 is 10.5 Å². The summed E-state index contributed by atoms with van der Waals surface area (Å²) in [4.78, 5) is 0. The van der Waals surface area contributed by atoms with Gasteiger partial charge in [-0.3, -0.25) is 0 Å². The fourth-order valence-electron chi connectivity index (χ4n) is 21.1. The summed E-state index contributed by atoms with van der Waals surface area (Å²) in [5.41, 5.74) is 2.97. The third-order valence-corrected chi connectivity index (χ3v) is 19.1. The zero-order chi connectivity index (χ0) is 29.2. The van der Waals surface area contributed by atoms with Crippen molar-refractivity contribution in [1.29, 1.82) is 0 Å². The quantitative estimate of drug-likeness (QED) is 0.310. The molecule has 10 saturated carbocycles. The summed E-state index contributed by atoms with van der Waals surface area (Å²) in [7, 11) is 0. The first kappa shape index (κ1) is 27.9. The highest BCUT2D eigenvalue weighted by molar-refractivity contribution is 6.72. The van der Waals surface area contributed by atoms with E-state index in [2.05, 4.69) is 24.3 Å². The van der Waals surface area contributed by atoms with Gasteiger partial charge in [-0.25, -0.2) is 0 Å². The van der Waals surface area contributed by atoms with Crippen molar-refractivity contribution >= 4 is 12.6 Å². The molecule has 0 aromatic heterocycles. The van der Waals surface area contributed by atoms with E-state index in [0.29, 0.717) is 0 Å². The van der Waals surface area contributed by atoms with Crippen LogP contribution in [0.5, 0.6) is 0 Å². The standard InChI is InChI=1S/2C20H34BN/c2*1-19-6-17-5-18(7-19)12-21(11-17,13-19)22-20-8-14-2-15(9-20)4-16(3-14)10-20/h2*14-18H,2-13,22H2,1H3/t2*14?,15?,16?,17-,18+,19?,20?,21?. The monoisotopic (exact) mass is 599 g/mol. The molecule has 16 fully saturated rings. The van der Waals surface area contributed by atoms with Gasteiger partial charge in [-0.1, -0.05) is 86.9 Å². The van der Waals surface area contributed by atoms with Crippen LogP contribution in [0.15, 0.2) is 0 Å². The minimum atomic E-state index is -0.0863. The van der Waals surface area contributed by atoms with E-state index < -0.39 is 0 Å². The van der Waals surface area contributed by atoms with Crippen molar-refractivity contribution in [2.45, 2.75) is 178 Å². The van der Waals surface area contributed by atoms with Gasteiger partial charge in [-0.05, 0) is 74.0 Å². The van der Waals surface area contributed by atoms with Crippen LogP contribution in [-0.2, 0) is 0 Å². The molecule has 8 atom stereocenters. The predicted octanol–water partition coefficient (Wildman–Crippen LogP) is 7.83. The second-order valence-corrected chi connectivity index (χ2v) is 23.8. The summed E-state index contributed by atoms with van der Waals surface area (Å²) in [5.74, 6) is 11.3. The minimum absolute atomic E-state index is 0.0863. The van der Waals surface area contributed by atoms with Crippen LogP contribution in [0.3, 0.4) is 0 Å². The van der Waals surface area contributed by atoms with Crippen LogP contribution in [0, 0.1) is 70.0 Å². The molecule has 16 aliphatic rings. The van der Waals surface area contributed by atoms with E-state index in [1.807, 2.05) is 0 Å². The van der Waals surface area contributed by atoms with Gasteiger partial charge in [-0.2, -0.15) is 0 Å². The molecule has 4 heteroatoms. The Hall–Kier alpha value is 0.0499. The lowest BCUT2D eigenvalue weighted by Gasteiger charge is -2.67. The Kier molecular flexibility index (Phi) is 5.71. The topological polar surface area (TPSA) is 33.2 Å². The van der Waals surface area contributed by atoms with E-state index in [0.717, 1.165) is 81.1 Å². The molecule has 0 radical (unpaired) electrons. The average Bonchev–Trinajstić information content (AvgIpc) is 2.83. The van der Waals surface area contributed by atoms with Crippen LogP contribution in [-0.4, -0.2) is 23.6 Å². The van der Waals surface area contributed by atoms with Crippen molar-refractivity contribution in [3.63, 3.8) is 0 Å². The molecule has 6 saturated heterocycles. The molecule has 44 heavy (non-hydrogen) atoms. The molecule has 244 valence electrons. The first-order chi connectivity index (χ1) is 21.0. The molecular formula is C40H68B2N2. The Balaban J connectivity index is 0.000000110. The van der Waals surface area contributed by atoms with E-state index in [9.17, 15) is 0 Å². The minimum Gasteiger partial charge on any atom is -0.532 e.